The molecule has 3 heterocycles. The summed E-state index contributed by atoms with van der Waals surface area (Å²) in [5, 5.41) is 3.59. The molecule has 0 saturated carbocycles. The van der Waals surface area contributed by atoms with Crippen molar-refractivity contribution >= 4 is 46.5 Å². The van der Waals surface area contributed by atoms with E-state index in [2.05, 4.69) is 5.32 Å². The van der Waals surface area contributed by atoms with Crippen LogP contribution in [0.1, 0.15) is 28.4 Å². The van der Waals surface area contributed by atoms with Gasteiger partial charge in [-0.15, -0.1) is 0 Å². The SMILES string of the molecule is CC(=O)C1C(C(=O)c2ccccc2)C2(C(=O)Nc3ccccc32)C2C=Cc3cc(Cl)ccc3N12. The second-order valence-corrected chi connectivity index (χ2v) is 9.48. The summed E-state index contributed by atoms with van der Waals surface area (Å²) in [6.45, 7) is 1.50. The lowest BCUT2D eigenvalue weighted by atomic mass is 9.64. The fourth-order valence-electron chi connectivity index (χ4n) is 6.09. The summed E-state index contributed by atoms with van der Waals surface area (Å²) in [6.07, 6.45) is 3.87. The predicted molar refractivity (Wildman–Crippen MR) is 132 cm³/mol. The molecule has 6 heteroatoms. The quantitative estimate of drug-likeness (QED) is 0.555. The van der Waals surface area contributed by atoms with Gasteiger partial charge in [0.25, 0.3) is 0 Å². The number of hydrogen-bond donors (Lipinski definition) is 1. The summed E-state index contributed by atoms with van der Waals surface area (Å²) in [4.78, 5) is 43.4. The van der Waals surface area contributed by atoms with E-state index in [0.717, 1.165) is 16.8 Å². The van der Waals surface area contributed by atoms with E-state index in [1.54, 1.807) is 30.3 Å². The van der Waals surface area contributed by atoms with Gasteiger partial charge in [-0.25, -0.2) is 0 Å². The number of nitrogens with one attached hydrogen (secondary N) is 1. The Morgan fingerprint density at radius 3 is 2.50 bits per heavy atom. The molecule has 1 N–H and O–H groups in total. The molecular formula is C28H21ClN2O3. The van der Waals surface area contributed by atoms with E-state index in [4.69, 9.17) is 11.6 Å². The van der Waals surface area contributed by atoms with E-state index >= 15 is 0 Å². The van der Waals surface area contributed by atoms with Gasteiger partial charge in [0.1, 0.15) is 5.41 Å². The Labute approximate surface area is 202 Å². The number of para-hydroxylation sites is 1. The molecule has 0 aromatic heterocycles. The number of ketones is 2. The first-order valence-electron chi connectivity index (χ1n) is 11.2. The van der Waals surface area contributed by atoms with Crippen molar-refractivity contribution < 1.29 is 14.4 Å². The molecule has 4 atom stereocenters. The van der Waals surface area contributed by atoms with Crippen LogP contribution in [0.4, 0.5) is 11.4 Å². The third kappa shape index (κ3) is 2.64. The van der Waals surface area contributed by atoms with Gasteiger partial charge in [-0.05, 0) is 42.3 Å². The van der Waals surface area contributed by atoms with Crippen molar-refractivity contribution in [1.82, 2.24) is 0 Å². The second-order valence-electron chi connectivity index (χ2n) is 9.05. The summed E-state index contributed by atoms with van der Waals surface area (Å²) in [7, 11) is 0. The van der Waals surface area contributed by atoms with Crippen molar-refractivity contribution in [3.8, 4) is 0 Å². The first kappa shape index (κ1) is 20.9. The van der Waals surface area contributed by atoms with Gasteiger partial charge in [0.2, 0.25) is 5.91 Å². The molecule has 4 unspecified atom stereocenters. The number of anilines is 2. The highest BCUT2D eigenvalue weighted by molar-refractivity contribution is 6.31. The maximum atomic E-state index is 14.2. The Balaban J connectivity index is 1.67. The first-order valence-corrected chi connectivity index (χ1v) is 11.6. The zero-order valence-electron chi connectivity index (χ0n) is 18.4. The lowest BCUT2D eigenvalue weighted by Gasteiger charge is -2.37. The molecule has 34 heavy (non-hydrogen) atoms. The van der Waals surface area contributed by atoms with Crippen molar-refractivity contribution in [2.24, 2.45) is 5.92 Å². The summed E-state index contributed by atoms with van der Waals surface area (Å²) in [5.74, 6) is -1.55. The molecule has 3 aliphatic rings. The lowest BCUT2D eigenvalue weighted by molar-refractivity contribution is -0.122. The topological polar surface area (TPSA) is 66.5 Å². The number of rotatable bonds is 3. The third-order valence-corrected chi connectivity index (χ3v) is 7.59. The van der Waals surface area contributed by atoms with Crippen molar-refractivity contribution in [1.29, 1.82) is 0 Å². The smallest absolute Gasteiger partial charge is 0.238 e. The van der Waals surface area contributed by atoms with Gasteiger partial charge in [0.15, 0.2) is 11.6 Å². The van der Waals surface area contributed by atoms with Crippen LogP contribution in [0.5, 0.6) is 0 Å². The molecule has 0 radical (unpaired) electrons. The normalized spacial score (nSPS) is 26.1. The molecule has 1 spiro atoms. The van der Waals surface area contributed by atoms with Gasteiger partial charge in [0, 0.05) is 22.0 Å². The largest absolute Gasteiger partial charge is 0.352 e. The molecule has 6 rings (SSSR count). The molecule has 168 valence electrons. The summed E-state index contributed by atoms with van der Waals surface area (Å²) < 4.78 is 0. The molecule has 1 amide bonds. The molecule has 5 nitrogen and oxygen atoms in total. The number of amides is 1. The van der Waals surface area contributed by atoms with Gasteiger partial charge in [-0.3, -0.25) is 14.4 Å². The van der Waals surface area contributed by atoms with Crippen LogP contribution in [0.25, 0.3) is 6.08 Å². The number of benzene rings is 3. The molecular weight excluding hydrogens is 448 g/mol. The Bertz CT molecular complexity index is 1400. The van der Waals surface area contributed by atoms with Crippen LogP contribution in [0.3, 0.4) is 0 Å². The highest BCUT2D eigenvalue weighted by Gasteiger charge is 2.69. The van der Waals surface area contributed by atoms with Crippen LogP contribution < -0.4 is 10.2 Å². The van der Waals surface area contributed by atoms with Gasteiger partial charge in [-0.1, -0.05) is 72.3 Å². The van der Waals surface area contributed by atoms with E-state index in [-0.39, 0.29) is 17.5 Å². The van der Waals surface area contributed by atoms with Crippen molar-refractivity contribution in [3.05, 3.63) is 101 Å². The van der Waals surface area contributed by atoms with Gasteiger partial charge >= 0.3 is 0 Å². The van der Waals surface area contributed by atoms with E-state index in [0.29, 0.717) is 16.3 Å². The van der Waals surface area contributed by atoms with E-state index in [9.17, 15) is 14.4 Å². The number of carbonyl (C=O) groups is 3. The minimum absolute atomic E-state index is 0.162. The molecule has 3 aromatic rings. The van der Waals surface area contributed by atoms with Gasteiger partial charge < -0.3 is 10.2 Å². The van der Waals surface area contributed by atoms with Crippen molar-refractivity contribution in [3.63, 3.8) is 0 Å². The minimum Gasteiger partial charge on any atom is -0.352 e. The van der Waals surface area contributed by atoms with Gasteiger partial charge in [0.05, 0.1) is 18.0 Å². The zero-order valence-corrected chi connectivity index (χ0v) is 19.1. The van der Waals surface area contributed by atoms with Crippen LogP contribution in [0.15, 0.2) is 78.9 Å². The van der Waals surface area contributed by atoms with E-state index in [1.807, 2.05) is 59.5 Å². The van der Waals surface area contributed by atoms with E-state index in [1.165, 1.54) is 6.92 Å². The highest BCUT2D eigenvalue weighted by atomic mass is 35.5. The third-order valence-electron chi connectivity index (χ3n) is 7.35. The van der Waals surface area contributed by atoms with Crippen molar-refractivity contribution in [2.75, 3.05) is 10.2 Å². The molecule has 3 aromatic carbocycles. The predicted octanol–water partition coefficient (Wildman–Crippen LogP) is 4.90. The average molecular weight is 469 g/mol. The summed E-state index contributed by atoms with van der Waals surface area (Å²) in [6, 6.07) is 20.5. The molecule has 1 fully saturated rings. The Hall–Kier alpha value is -3.70. The number of halogens is 1. The highest BCUT2D eigenvalue weighted by Crippen LogP contribution is 2.57. The van der Waals surface area contributed by atoms with Gasteiger partial charge in [-0.2, -0.15) is 0 Å². The Morgan fingerprint density at radius 1 is 1.00 bits per heavy atom. The first-order chi connectivity index (χ1) is 16.4. The fraction of sp³-hybridized carbons (Fsp3) is 0.179. The van der Waals surface area contributed by atoms with Crippen LogP contribution in [-0.4, -0.2) is 29.6 Å². The summed E-state index contributed by atoms with van der Waals surface area (Å²) >= 11 is 6.25. The molecule has 3 aliphatic heterocycles. The number of fused-ring (bicyclic) bond motifs is 6. The lowest BCUT2D eigenvalue weighted by Crippen LogP contribution is -2.51. The number of Topliss-reactive ketones (excluding diaryl/α,β-unsaturated/α-hetero) is 2. The molecule has 0 aliphatic carbocycles. The Kier molecular flexibility index (Phi) is 4.55. The average Bonchev–Trinajstić information content (AvgIpc) is 3.32. The number of nitrogens with zero attached hydrogens (tertiary/aromatic N) is 1. The number of hydrogen-bond acceptors (Lipinski definition) is 4. The second kappa shape index (κ2) is 7.40. The Morgan fingerprint density at radius 2 is 1.74 bits per heavy atom. The molecule has 0 bridgehead atoms. The maximum absolute atomic E-state index is 14.2. The fourth-order valence-corrected chi connectivity index (χ4v) is 6.27. The standard InChI is InChI=1S/C28H21ClN2O3/c1-16(32)25-24(26(33)17-7-3-2-4-8-17)28(20-9-5-6-10-21(20)30-27(28)34)23-14-11-18-15-19(29)12-13-22(18)31(23)25/h2-15,23-25H,1H3,(H,30,34). The van der Waals surface area contributed by atoms with Crippen LogP contribution in [0.2, 0.25) is 5.02 Å². The van der Waals surface area contributed by atoms with Crippen LogP contribution in [-0.2, 0) is 15.0 Å². The van der Waals surface area contributed by atoms with Crippen LogP contribution >= 0.6 is 11.6 Å². The van der Waals surface area contributed by atoms with Crippen LogP contribution in [0, 0.1) is 5.92 Å². The van der Waals surface area contributed by atoms with E-state index < -0.39 is 23.4 Å². The molecule has 1 saturated heterocycles. The number of carbonyl (C=O) groups excluding carboxylic acids is 3. The van der Waals surface area contributed by atoms with Crippen molar-refractivity contribution in [2.45, 2.75) is 24.4 Å². The maximum Gasteiger partial charge on any atom is 0.238 e. The summed E-state index contributed by atoms with van der Waals surface area (Å²) in [5.41, 5.74) is 2.29. The zero-order chi connectivity index (χ0) is 23.6. The minimum atomic E-state index is -1.26. The monoisotopic (exact) mass is 468 g/mol.